The molecular weight excluding hydrogens is 182 g/mol. The number of carbonyl (C=O) groups excluding carboxylic acids is 1. The molecule has 82 valence electrons. The van der Waals surface area contributed by atoms with Crippen LogP contribution in [0.2, 0.25) is 0 Å². The number of esters is 1. The van der Waals surface area contributed by atoms with Crippen molar-refractivity contribution in [3.63, 3.8) is 0 Å². The lowest BCUT2D eigenvalue weighted by Crippen LogP contribution is -2.44. The van der Waals surface area contributed by atoms with Crippen molar-refractivity contribution >= 4 is 5.97 Å². The maximum atomic E-state index is 11.4. The van der Waals surface area contributed by atoms with Crippen molar-refractivity contribution in [1.29, 1.82) is 0 Å². The van der Waals surface area contributed by atoms with Gasteiger partial charge in [0.25, 0.3) is 0 Å². The van der Waals surface area contributed by atoms with Crippen molar-refractivity contribution in [2.45, 2.75) is 32.4 Å². The molecule has 0 N–H and O–H groups in total. The molecule has 0 aliphatic carbocycles. The topological polar surface area (TPSA) is 38.8 Å². The molecule has 0 bridgehead atoms. The maximum Gasteiger partial charge on any atom is 0.323 e. The Bertz CT molecular complexity index is 190. The van der Waals surface area contributed by atoms with Gasteiger partial charge in [0, 0.05) is 12.6 Å². The molecule has 0 aromatic rings. The molecule has 2 atom stereocenters. The third-order valence-corrected chi connectivity index (χ3v) is 2.72. The van der Waals surface area contributed by atoms with Crippen molar-refractivity contribution in [3.05, 3.63) is 0 Å². The predicted molar refractivity (Wildman–Crippen MR) is 53.1 cm³/mol. The summed E-state index contributed by atoms with van der Waals surface area (Å²) < 4.78 is 10.2. The number of hydrogen-bond donors (Lipinski definition) is 0. The van der Waals surface area contributed by atoms with E-state index < -0.39 is 0 Å². The van der Waals surface area contributed by atoms with Crippen LogP contribution in [-0.4, -0.2) is 49.8 Å². The van der Waals surface area contributed by atoms with Gasteiger partial charge < -0.3 is 9.47 Å². The summed E-state index contributed by atoms with van der Waals surface area (Å²) in [6.07, 6.45) is 1.00. The summed E-state index contributed by atoms with van der Waals surface area (Å²) in [5, 5.41) is 0. The fraction of sp³-hybridized carbons (Fsp3) is 0.900. The minimum Gasteiger partial charge on any atom is -0.465 e. The summed E-state index contributed by atoms with van der Waals surface area (Å²) in [4.78, 5) is 13.5. The molecule has 0 aromatic carbocycles. The number of carbonyl (C=O) groups is 1. The SMILES string of the molecule is CCOC(=O)C(C)N(C)C1CCOC1. The number of hydrogen-bond acceptors (Lipinski definition) is 4. The third-order valence-electron chi connectivity index (χ3n) is 2.72. The van der Waals surface area contributed by atoms with Crippen LogP contribution in [0.3, 0.4) is 0 Å². The van der Waals surface area contributed by atoms with Crippen molar-refractivity contribution < 1.29 is 14.3 Å². The van der Waals surface area contributed by atoms with Gasteiger partial charge in [0.05, 0.1) is 13.2 Å². The van der Waals surface area contributed by atoms with E-state index >= 15 is 0 Å². The molecule has 0 saturated carbocycles. The van der Waals surface area contributed by atoms with Crippen molar-refractivity contribution in [1.82, 2.24) is 4.90 Å². The summed E-state index contributed by atoms with van der Waals surface area (Å²) in [5.41, 5.74) is 0. The number of nitrogens with zero attached hydrogens (tertiary/aromatic N) is 1. The molecule has 0 spiro atoms. The number of rotatable bonds is 4. The zero-order valence-corrected chi connectivity index (χ0v) is 9.16. The normalized spacial score (nSPS) is 23.9. The first-order valence-electron chi connectivity index (χ1n) is 5.13. The van der Waals surface area contributed by atoms with E-state index in [4.69, 9.17) is 9.47 Å². The first-order valence-corrected chi connectivity index (χ1v) is 5.13. The van der Waals surface area contributed by atoms with E-state index in [2.05, 4.69) is 0 Å². The average Bonchev–Trinajstić information content (AvgIpc) is 2.68. The lowest BCUT2D eigenvalue weighted by molar-refractivity contribution is -0.149. The van der Waals surface area contributed by atoms with Gasteiger partial charge >= 0.3 is 5.97 Å². The van der Waals surface area contributed by atoms with Crippen molar-refractivity contribution in [3.8, 4) is 0 Å². The summed E-state index contributed by atoms with van der Waals surface area (Å²) in [5.74, 6) is -0.151. The fourth-order valence-corrected chi connectivity index (χ4v) is 1.59. The number of ether oxygens (including phenoxy) is 2. The molecule has 2 unspecified atom stereocenters. The third kappa shape index (κ3) is 2.69. The van der Waals surface area contributed by atoms with Crippen LogP contribution in [-0.2, 0) is 14.3 Å². The molecule has 1 saturated heterocycles. The second-order valence-electron chi connectivity index (χ2n) is 3.61. The summed E-state index contributed by atoms with van der Waals surface area (Å²) >= 11 is 0. The predicted octanol–water partition coefficient (Wildman–Crippen LogP) is 0.659. The Morgan fingerprint density at radius 3 is 2.93 bits per heavy atom. The van der Waals surface area contributed by atoms with E-state index in [-0.39, 0.29) is 12.0 Å². The maximum absolute atomic E-state index is 11.4. The lowest BCUT2D eigenvalue weighted by Gasteiger charge is -2.27. The zero-order valence-electron chi connectivity index (χ0n) is 9.16. The van der Waals surface area contributed by atoms with Crippen LogP contribution in [0, 0.1) is 0 Å². The van der Waals surface area contributed by atoms with E-state index in [0.717, 1.165) is 19.6 Å². The smallest absolute Gasteiger partial charge is 0.323 e. The molecule has 0 radical (unpaired) electrons. The van der Waals surface area contributed by atoms with Gasteiger partial charge in [0.2, 0.25) is 0 Å². The molecule has 1 rings (SSSR count). The quantitative estimate of drug-likeness (QED) is 0.626. The van der Waals surface area contributed by atoms with Gasteiger partial charge in [-0.1, -0.05) is 0 Å². The zero-order chi connectivity index (χ0) is 10.6. The van der Waals surface area contributed by atoms with Crippen molar-refractivity contribution in [2.75, 3.05) is 26.9 Å². The van der Waals surface area contributed by atoms with E-state index in [1.165, 1.54) is 0 Å². The van der Waals surface area contributed by atoms with Crippen molar-refractivity contribution in [2.24, 2.45) is 0 Å². The molecule has 4 heteroatoms. The van der Waals surface area contributed by atoms with Crippen LogP contribution in [0.15, 0.2) is 0 Å². The van der Waals surface area contributed by atoms with E-state index in [9.17, 15) is 4.79 Å². The second-order valence-corrected chi connectivity index (χ2v) is 3.61. The minimum absolute atomic E-state index is 0.151. The highest BCUT2D eigenvalue weighted by Crippen LogP contribution is 2.13. The van der Waals surface area contributed by atoms with Crippen LogP contribution >= 0.6 is 0 Å². The monoisotopic (exact) mass is 201 g/mol. The molecule has 1 aliphatic rings. The van der Waals surface area contributed by atoms with E-state index in [0.29, 0.717) is 12.6 Å². The molecular formula is C10H19NO3. The van der Waals surface area contributed by atoms with Crippen LogP contribution < -0.4 is 0 Å². The van der Waals surface area contributed by atoms with Gasteiger partial charge in [0.15, 0.2) is 0 Å². The summed E-state index contributed by atoms with van der Waals surface area (Å²) in [7, 11) is 1.95. The standard InChI is InChI=1S/C10H19NO3/c1-4-14-10(12)8(2)11(3)9-5-6-13-7-9/h8-9H,4-7H2,1-3H3. The Morgan fingerprint density at radius 1 is 1.71 bits per heavy atom. The van der Waals surface area contributed by atoms with Crippen LogP contribution in [0.1, 0.15) is 20.3 Å². The van der Waals surface area contributed by atoms with E-state index in [1.807, 2.05) is 25.8 Å². The van der Waals surface area contributed by atoms with Gasteiger partial charge in [-0.2, -0.15) is 0 Å². The largest absolute Gasteiger partial charge is 0.465 e. The van der Waals surface area contributed by atoms with Gasteiger partial charge in [-0.3, -0.25) is 9.69 Å². The first-order chi connectivity index (χ1) is 6.66. The van der Waals surface area contributed by atoms with Crippen LogP contribution in [0.4, 0.5) is 0 Å². The molecule has 1 heterocycles. The van der Waals surface area contributed by atoms with Gasteiger partial charge in [-0.05, 0) is 27.3 Å². The van der Waals surface area contributed by atoms with E-state index in [1.54, 1.807) is 0 Å². The van der Waals surface area contributed by atoms with Gasteiger partial charge in [-0.25, -0.2) is 0 Å². The molecule has 1 fully saturated rings. The van der Waals surface area contributed by atoms with Crippen LogP contribution in [0.25, 0.3) is 0 Å². The highest BCUT2D eigenvalue weighted by Gasteiger charge is 2.28. The summed E-state index contributed by atoms with van der Waals surface area (Å²) in [6.45, 7) is 5.66. The number of likely N-dealkylation sites (N-methyl/N-ethyl adjacent to an activating group) is 1. The summed E-state index contributed by atoms with van der Waals surface area (Å²) in [6, 6.07) is 0.177. The molecule has 0 amide bonds. The average molecular weight is 201 g/mol. The minimum atomic E-state index is -0.179. The van der Waals surface area contributed by atoms with Gasteiger partial charge in [0.1, 0.15) is 6.04 Å². The van der Waals surface area contributed by atoms with Crippen LogP contribution in [0.5, 0.6) is 0 Å². The highest BCUT2D eigenvalue weighted by atomic mass is 16.5. The Hall–Kier alpha value is -0.610. The molecule has 4 nitrogen and oxygen atoms in total. The Balaban J connectivity index is 2.41. The Labute approximate surface area is 85.2 Å². The Kier molecular flexibility index (Phi) is 4.35. The second kappa shape index (κ2) is 5.32. The Morgan fingerprint density at radius 2 is 2.43 bits per heavy atom. The highest BCUT2D eigenvalue weighted by molar-refractivity contribution is 5.75. The molecule has 0 aromatic heterocycles. The lowest BCUT2D eigenvalue weighted by atomic mass is 10.2. The van der Waals surface area contributed by atoms with Gasteiger partial charge in [-0.15, -0.1) is 0 Å². The first kappa shape index (κ1) is 11.5. The molecule has 14 heavy (non-hydrogen) atoms. The fourth-order valence-electron chi connectivity index (χ4n) is 1.59. The molecule has 1 aliphatic heterocycles.